The van der Waals surface area contributed by atoms with Gasteiger partial charge in [0.2, 0.25) is 11.8 Å². The van der Waals surface area contributed by atoms with E-state index in [1.54, 1.807) is 4.90 Å². The Labute approximate surface area is 64.3 Å². The number of nitrogens with zero attached hydrogens (tertiary/aromatic N) is 1. The van der Waals surface area contributed by atoms with Crippen molar-refractivity contribution in [2.75, 3.05) is 13.1 Å². The Morgan fingerprint density at radius 2 is 2.45 bits per heavy atom. The predicted molar refractivity (Wildman–Crippen MR) is 37.4 cm³/mol. The molecule has 2 atom stereocenters. The van der Waals surface area contributed by atoms with E-state index in [-0.39, 0.29) is 18.4 Å². The quantitative estimate of drug-likeness (QED) is 0.551. The Kier molecular flexibility index (Phi) is 1.19. The molecule has 0 bridgehead atoms. The van der Waals surface area contributed by atoms with Gasteiger partial charge >= 0.3 is 0 Å². The van der Waals surface area contributed by atoms with Gasteiger partial charge in [-0.3, -0.25) is 9.59 Å². The van der Waals surface area contributed by atoms with E-state index in [9.17, 15) is 9.59 Å². The number of rotatable bonds is 2. The van der Waals surface area contributed by atoms with Crippen LogP contribution in [-0.4, -0.2) is 29.8 Å². The fourth-order valence-electron chi connectivity index (χ4n) is 1.69. The molecular weight excluding hydrogens is 144 g/mol. The minimum absolute atomic E-state index is 0.103. The molecule has 1 saturated carbocycles. The van der Waals surface area contributed by atoms with Gasteiger partial charge in [0.1, 0.15) is 0 Å². The Balaban J connectivity index is 1.96. The molecule has 0 spiro atoms. The molecule has 2 aliphatic rings. The molecule has 1 heterocycles. The molecule has 4 nitrogen and oxygen atoms in total. The summed E-state index contributed by atoms with van der Waals surface area (Å²) in [7, 11) is 0. The summed E-state index contributed by atoms with van der Waals surface area (Å²) in [5.41, 5.74) is 4.96. The molecule has 1 aliphatic carbocycles. The first-order valence-electron chi connectivity index (χ1n) is 3.75. The maximum absolute atomic E-state index is 11.2. The average molecular weight is 154 g/mol. The van der Waals surface area contributed by atoms with Crippen molar-refractivity contribution < 1.29 is 9.59 Å². The van der Waals surface area contributed by atoms with Gasteiger partial charge in [0, 0.05) is 12.5 Å². The monoisotopic (exact) mass is 154 g/mol. The van der Waals surface area contributed by atoms with Crippen molar-refractivity contribution in [1.82, 2.24) is 4.90 Å². The highest BCUT2D eigenvalue weighted by molar-refractivity contribution is 5.88. The lowest BCUT2D eigenvalue weighted by molar-refractivity contribution is -0.133. The number of carbonyl (C=O) groups excluding carboxylic acids is 2. The van der Waals surface area contributed by atoms with Crippen LogP contribution in [-0.2, 0) is 9.59 Å². The fraction of sp³-hybridized carbons (Fsp3) is 0.714. The number of nitrogens with two attached hydrogens (primary N) is 1. The van der Waals surface area contributed by atoms with Gasteiger partial charge in [-0.15, -0.1) is 0 Å². The minimum Gasteiger partial charge on any atom is -0.368 e. The molecule has 2 unspecified atom stereocenters. The third kappa shape index (κ3) is 0.982. The number of likely N-dealkylation sites (tertiary alicyclic amines) is 1. The van der Waals surface area contributed by atoms with E-state index in [1.807, 2.05) is 0 Å². The van der Waals surface area contributed by atoms with E-state index in [4.69, 9.17) is 5.73 Å². The first kappa shape index (κ1) is 6.64. The summed E-state index contributed by atoms with van der Waals surface area (Å²) in [6.07, 6.45) is 1.02. The van der Waals surface area contributed by atoms with Crippen molar-refractivity contribution in [3.05, 3.63) is 0 Å². The van der Waals surface area contributed by atoms with Crippen LogP contribution in [0.3, 0.4) is 0 Å². The highest BCUT2D eigenvalue weighted by atomic mass is 16.2. The zero-order chi connectivity index (χ0) is 8.01. The molecule has 0 aromatic carbocycles. The molecule has 4 heteroatoms. The summed E-state index contributed by atoms with van der Waals surface area (Å²) in [5, 5.41) is 0. The zero-order valence-corrected chi connectivity index (χ0v) is 6.12. The molecule has 2 fully saturated rings. The smallest absolute Gasteiger partial charge is 0.237 e. The van der Waals surface area contributed by atoms with E-state index in [1.165, 1.54) is 0 Å². The Hall–Kier alpha value is -1.06. The van der Waals surface area contributed by atoms with Gasteiger partial charge < -0.3 is 10.6 Å². The molecule has 2 N–H and O–H groups in total. The highest BCUT2D eigenvalue weighted by Gasteiger charge is 2.52. The lowest BCUT2D eigenvalue weighted by Crippen LogP contribution is -2.36. The standard InChI is InChI=1S/C7H10N2O2/c8-6(10)3-9-2-4-1-5(4)7(9)11/h4-5H,1-3H2,(H2,8,10). The number of primary amides is 1. The lowest BCUT2D eigenvalue weighted by Gasteiger charge is -2.14. The maximum atomic E-state index is 11.2. The van der Waals surface area contributed by atoms with Crippen LogP contribution in [0.1, 0.15) is 6.42 Å². The van der Waals surface area contributed by atoms with Crippen LogP contribution < -0.4 is 5.73 Å². The summed E-state index contributed by atoms with van der Waals surface area (Å²) in [6, 6.07) is 0. The van der Waals surface area contributed by atoms with Gasteiger partial charge in [-0.05, 0) is 12.3 Å². The number of hydrogen-bond donors (Lipinski definition) is 1. The van der Waals surface area contributed by atoms with Crippen LogP contribution in [0, 0.1) is 11.8 Å². The van der Waals surface area contributed by atoms with Gasteiger partial charge in [-0.2, -0.15) is 0 Å². The summed E-state index contributed by atoms with van der Waals surface area (Å²) >= 11 is 0. The van der Waals surface area contributed by atoms with Gasteiger partial charge in [0.05, 0.1) is 6.54 Å². The molecule has 2 rings (SSSR count). The highest BCUT2D eigenvalue weighted by Crippen LogP contribution is 2.45. The predicted octanol–water partition coefficient (Wildman–Crippen LogP) is -1.05. The Morgan fingerprint density at radius 3 is 2.91 bits per heavy atom. The third-order valence-electron chi connectivity index (χ3n) is 2.35. The summed E-state index contributed by atoms with van der Waals surface area (Å²) in [5.74, 6) is 0.463. The second-order valence-electron chi connectivity index (χ2n) is 3.29. The molecule has 0 radical (unpaired) electrons. The normalized spacial score (nSPS) is 33.8. The average Bonchev–Trinajstić information content (AvgIpc) is 2.58. The van der Waals surface area contributed by atoms with Crippen LogP contribution in [0.5, 0.6) is 0 Å². The van der Waals surface area contributed by atoms with Crippen molar-refractivity contribution in [3.8, 4) is 0 Å². The van der Waals surface area contributed by atoms with Crippen molar-refractivity contribution in [2.24, 2.45) is 17.6 Å². The number of carbonyl (C=O) groups is 2. The Morgan fingerprint density at radius 1 is 1.73 bits per heavy atom. The molecule has 11 heavy (non-hydrogen) atoms. The maximum Gasteiger partial charge on any atom is 0.237 e. The second kappa shape index (κ2) is 1.96. The van der Waals surface area contributed by atoms with E-state index < -0.39 is 5.91 Å². The van der Waals surface area contributed by atoms with Gasteiger partial charge in [-0.25, -0.2) is 0 Å². The molecule has 60 valence electrons. The van der Waals surface area contributed by atoms with E-state index in [0.29, 0.717) is 5.92 Å². The SMILES string of the molecule is NC(=O)CN1CC2CC2C1=O. The van der Waals surface area contributed by atoms with Gasteiger partial charge in [0.25, 0.3) is 0 Å². The van der Waals surface area contributed by atoms with E-state index in [2.05, 4.69) is 0 Å². The van der Waals surface area contributed by atoms with Crippen molar-refractivity contribution in [3.63, 3.8) is 0 Å². The van der Waals surface area contributed by atoms with Gasteiger partial charge in [0.15, 0.2) is 0 Å². The number of hydrogen-bond acceptors (Lipinski definition) is 2. The molecule has 1 saturated heterocycles. The van der Waals surface area contributed by atoms with E-state index in [0.717, 1.165) is 13.0 Å². The van der Waals surface area contributed by atoms with Crippen molar-refractivity contribution in [2.45, 2.75) is 6.42 Å². The fourth-order valence-corrected chi connectivity index (χ4v) is 1.69. The first-order chi connectivity index (χ1) is 5.18. The lowest BCUT2D eigenvalue weighted by atomic mass is 10.4. The first-order valence-corrected chi connectivity index (χ1v) is 3.75. The topological polar surface area (TPSA) is 63.4 Å². The number of piperidine rings is 1. The van der Waals surface area contributed by atoms with Crippen LogP contribution in [0.2, 0.25) is 0 Å². The van der Waals surface area contributed by atoms with Crippen molar-refractivity contribution >= 4 is 11.8 Å². The molecule has 0 aromatic heterocycles. The molecule has 1 aliphatic heterocycles. The van der Waals surface area contributed by atoms with E-state index >= 15 is 0 Å². The largest absolute Gasteiger partial charge is 0.368 e. The van der Waals surface area contributed by atoms with Crippen LogP contribution in [0.25, 0.3) is 0 Å². The molecule has 0 aromatic rings. The Bertz CT molecular complexity index is 226. The second-order valence-corrected chi connectivity index (χ2v) is 3.29. The summed E-state index contributed by atoms with van der Waals surface area (Å²) < 4.78 is 0. The zero-order valence-electron chi connectivity index (χ0n) is 6.12. The van der Waals surface area contributed by atoms with Crippen LogP contribution in [0.15, 0.2) is 0 Å². The minimum atomic E-state index is -0.417. The third-order valence-corrected chi connectivity index (χ3v) is 2.35. The summed E-state index contributed by atoms with van der Waals surface area (Å²) in [6.45, 7) is 0.846. The molecular formula is C7H10N2O2. The summed E-state index contributed by atoms with van der Waals surface area (Å²) in [4.78, 5) is 23.2. The van der Waals surface area contributed by atoms with Crippen molar-refractivity contribution in [1.29, 1.82) is 0 Å². The molecule has 2 amide bonds. The van der Waals surface area contributed by atoms with Crippen LogP contribution >= 0.6 is 0 Å². The number of amides is 2. The number of fused-ring (bicyclic) bond motifs is 1. The van der Waals surface area contributed by atoms with Gasteiger partial charge in [-0.1, -0.05) is 0 Å². The van der Waals surface area contributed by atoms with Crippen LogP contribution in [0.4, 0.5) is 0 Å².